The summed E-state index contributed by atoms with van der Waals surface area (Å²) in [4.78, 5) is 66.4. The lowest BCUT2D eigenvalue weighted by Gasteiger charge is -2.06. The van der Waals surface area contributed by atoms with E-state index in [-0.39, 0.29) is 13.2 Å². The number of hydrogen-bond donors (Lipinski definition) is 2. The van der Waals surface area contributed by atoms with Crippen molar-refractivity contribution in [2.24, 2.45) is 0 Å². The zero-order valence-corrected chi connectivity index (χ0v) is 13.4. The van der Waals surface area contributed by atoms with E-state index in [0.717, 1.165) is 18.2 Å². The molecule has 0 aliphatic carbocycles. The Kier molecular flexibility index (Phi) is 7.31. The smallest absolute Gasteiger partial charge is 0.283 e. The highest BCUT2D eigenvalue weighted by atomic mass is 16.7. The van der Waals surface area contributed by atoms with Crippen molar-refractivity contribution >= 4 is 29.1 Å². The summed E-state index contributed by atoms with van der Waals surface area (Å²) in [5.41, 5.74) is 2.14. The third-order valence-electron chi connectivity index (χ3n) is 2.68. The van der Waals surface area contributed by atoms with Gasteiger partial charge in [-0.1, -0.05) is 0 Å². The maximum Gasteiger partial charge on any atom is 0.315 e. The number of carbonyl (C=O) groups excluding carboxylic acids is 4. The van der Waals surface area contributed by atoms with Crippen molar-refractivity contribution in [1.82, 2.24) is 11.0 Å². The number of Topliss-reactive ketones (excluding diaryl/α,β-unsaturated/α-hetero) is 2. The average molecular weight is 353 g/mol. The Morgan fingerprint density at radius 3 is 1.64 bits per heavy atom. The molecular formula is C14H15N3O8. The predicted octanol–water partition coefficient (Wildman–Crippen LogP) is 0.0956. The molecule has 25 heavy (non-hydrogen) atoms. The lowest BCUT2D eigenvalue weighted by molar-refractivity contribution is -0.384. The summed E-state index contributed by atoms with van der Waals surface area (Å²) in [6, 6.07) is 2.52. The van der Waals surface area contributed by atoms with Crippen LogP contribution in [0.3, 0.4) is 0 Å². The quantitative estimate of drug-likeness (QED) is 0.274. The second-order valence-electron chi connectivity index (χ2n) is 4.41. The number of ketones is 2. The summed E-state index contributed by atoms with van der Waals surface area (Å²) in [6.45, 7) is 3.31. The maximum absolute atomic E-state index is 12.0. The van der Waals surface area contributed by atoms with E-state index in [4.69, 9.17) is 0 Å². The van der Waals surface area contributed by atoms with Crippen LogP contribution in [0.25, 0.3) is 0 Å². The molecule has 0 atom stereocenters. The van der Waals surface area contributed by atoms with Gasteiger partial charge in [0, 0.05) is 23.3 Å². The standard InChI is InChI=1S/C14H15N3O8/c1-3-24-15-13(20)11(18)8-5-9(7-10(6-8)17(22)23)12(19)14(21)16-25-4-2/h5-7H,3-4H2,1-2H3,(H,15,20)(H,16,21). The summed E-state index contributed by atoms with van der Waals surface area (Å²) in [5, 5.41) is 11.0. The van der Waals surface area contributed by atoms with Crippen LogP contribution < -0.4 is 11.0 Å². The number of nitrogens with zero attached hydrogens (tertiary/aromatic N) is 1. The number of nitro benzene ring substituents is 1. The zero-order valence-electron chi connectivity index (χ0n) is 13.4. The van der Waals surface area contributed by atoms with E-state index in [1.54, 1.807) is 13.8 Å². The number of nitro groups is 1. The molecule has 0 aliphatic heterocycles. The van der Waals surface area contributed by atoms with Crippen LogP contribution in [0.1, 0.15) is 34.6 Å². The van der Waals surface area contributed by atoms with Gasteiger partial charge in [0.25, 0.3) is 17.3 Å². The molecule has 0 fully saturated rings. The van der Waals surface area contributed by atoms with Gasteiger partial charge in [-0.2, -0.15) is 0 Å². The molecule has 0 saturated heterocycles. The minimum atomic E-state index is -1.18. The summed E-state index contributed by atoms with van der Waals surface area (Å²) in [6.07, 6.45) is 0. The molecule has 0 unspecified atom stereocenters. The van der Waals surface area contributed by atoms with Crippen LogP contribution in [0.5, 0.6) is 0 Å². The second kappa shape index (κ2) is 9.20. The molecule has 1 aromatic carbocycles. The Bertz CT molecular complexity index is 666. The first-order valence-corrected chi connectivity index (χ1v) is 7.04. The number of nitrogens with one attached hydrogen (secondary N) is 2. The van der Waals surface area contributed by atoms with Gasteiger partial charge in [0.15, 0.2) is 0 Å². The number of non-ortho nitro benzene ring substituents is 1. The number of hydrogen-bond acceptors (Lipinski definition) is 8. The SMILES string of the molecule is CCONC(=O)C(=O)c1cc(C(=O)C(=O)NOCC)cc([N+](=O)[O-])c1. The molecular weight excluding hydrogens is 338 g/mol. The molecule has 1 aromatic rings. The highest BCUT2D eigenvalue weighted by Gasteiger charge is 2.25. The Morgan fingerprint density at radius 1 is 0.920 bits per heavy atom. The van der Waals surface area contributed by atoms with Crippen LogP contribution in [0, 0.1) is 10.1 Å². The lowest BCUT2D eigenvalue weighted by atomic mass is 10.0. The molecule has 11 nitrogen and oxygen atoms in total. The fraction of sp³-hybridized carbons (Fsp3) is 0.286. The van der Waals surface area contributed by atoms with E-state index < -0.39 is 45.1 Å². The number of rotatable bonds is 9. The number of hydroxylamine groups is 2. The van der Waals surface area contributed by atoms with Crippen molar-refractivity contribution in [2.45, 2.75) is 13.8 Å². The maximum atomic E-state index is 12.0. The first-order valence-electron chi connectivity index (χ1n) is 7.04. The van der Waals surface area contributed by atoms with E-state index in [9.17, 15) is 29.3 Å². The Hall–Kier alpha value is -3.18. The normalized spacial score (nSPS) is 10.0. The second-order valence-corrected chi connectivity index (χ2v) is 4.41. The first kappa shape index (κ1) is 19.9. The van der Waals surface area contributed by atoms with Gasteiger partial charge >= 0.3 is 11.8 Å². The summed E-state index contributed by atoms with van der Waals surface area (Å²) in [5.74, 6) is -4.70. The Labute approximate surface area is 141 Å². The van der Waals surface area contributed by atoms with Crippen molar-refractivity contribution in [2.75, 3.05) is 13.2 Å². The third-order valence-corrected chi connectivity index (χ3v) is 2.68. The number of benzene rings is 1. The molecule has 0 aliphatic rings. The monoisotopic (exact) mass is 353 g/mol. The minimum absolute atomic E-state index is 0.0926. The third kappa shape index (κ3) is 5.44. The van der Waals surface area contributed by atoms with Crippen molar-refractivity contribution in [3.63, 3.8) is 0 Å². The van der Waals surface area contributed by atoms with Gasteiger partial charge in [0.2, 0.25) is 0 Å². The van der Waals surface area contributed by atoms with Gasteiger partial charge < -0.3 is 0 Å². The summed E-state index contributed by atoms with van der Waals surface area (Å²) < 4.78 is 0. The van der Waals surface area contributed by atoms with Crippen molar-refractivity contribution in [3.05, 3.63) is 39.4 Å². The fourth-order valence-electron chi connectivity index (χ4n) is 1.61. The lowest BCUT2D eigenvalue weighted by Crippen LogP contribution is -2.32. The Balaban J connectivity index is 3.19. The molecule has 11 heteroatoms. The molecule has 0 spiro atoms. The molecule has 134 valence electrons. The number of amides is 2. The molecule has 2 amide bonds. The predicted molar refractivity (Wildman–Crippen MR) is 81.3 cm³/mol. The van der Waals surface area contributed by atoms with Crippen LogP contribution >= 0.6 is 0 Å². The largest absolute Gasteiger partial charge is 0.315 e. The van der Waals surface area contributed by atoms with Gasteiger partial charge in [0.05, 0.1) is 18.1 Å². The fourth-order valence-corrected chi connectivity index (χ4v) is 1.61. The summed E-state index contributed by atoms with van der Waals surface area (Å²) >= 11 is 0. The van der Waals surface area contributed by atoms with Crippen LogP contribution in [0.4, 0.5) is 5.69 Å². The van der Waals surface area contributed by atoms with Gasteiger partial charge in [-0.05, 0) is 19.9 Å². The Morgan fingerprint density at radius 2 is 1.32 bits per heavy atom. The average Bonchev–Trinajstić information content (AvgIpc) is 2.62. The topological polar surface area (TPSA) is 154 Å². The molecule has 0 saturated carbocycles. The van der Waals surface area contributed by atoms with Crippen molar-refractivity contribution in [1.29, 1.82) is 0 Å². The van der Waals surface area contributed by atoms with Crippen LogP contribution in [0.15, 0.2) is 18.2 Å². The van der Waals surface area contributed by atoms with Gasteiger partial charge in [-0.25, -0.2) is 11.0 Å². The van der Waals surface area contributed by atoms with Gasteiger partial charge in [0.1, 0.15) is 0 Å². The highest BCUT2D eigenvalue weighted by molar-refractivity contribution is 6.45. The van der Waals surface area contributed by atoms with Crippen LogP contribution in [0.2, 0.25) is 0 Å². The van der Waals surface area contributed by atoms with E-state index in [2.05, 4.69) is 9.68 Å². The highest BCUT2D eigenvalue weighted by Crippen LogP contribution is 2.18. The van der Waals surface area contributed by atoms with Gasteiger partial charge in [-0.15, -0.1) is 0 Å². The van der Waals surface area contributed by atoms with Crippen LogP contribution in [-0.4, -0.2) is 41.5 Å². The molecule has 0 aromatic heterocycles. The molecule has 0 radical (unpaired) electrons. The van der Waals surface area contributed by atoms with E-state index in [0.29, 0.717) is 0 Å². The summed E-state index contributed by atoms with van der Waals surface area (Å²) in [7, 11) is 0. The number of carbonyl (C=O) groups is 4. The van der Waals surface area contributed by atoms with Crippen molar-refractivity contribution in [3.8, 4) is 0 Å². The molecule has 1 rings (SSSR count). The molecule has 0 heterocycles. The van der Waals surface area contributed by atoms with Crippen LogP contribution in [-0.2, 0) is 19.3 Å². The van der Waals surface area contributed by atoms with E-state index in [1.165, 1.54) is 0 Å². The van der Waals surface area contributed by atoms with E-state index >= 15 is 0 Å². The first-order chi connectivity index (χ1) is 11.8. The van der Waals surface area contributed by atoms with E-state index in [1.807, 2.05) is 11.0 Å². The minimum Gasteiger partial charge on any atom is -0.283 e. The van der Waals surface area contributed by atoms with Gasteiger partial charge in [-0.3, -0.25) is 39.0 Å². The molecule has 2 N–H and O–H groups in total. The molecule has 0 bridgehead atoms. The zero-order chi connectivity index (χ0) is 19.0. The van der Waals surface area contributed by atoms with Crippen molar-refractivity contribution < 1.29 is 33.8 Å².